The number of hydrogen-bond acceptors (Lipinski definition) is 1. The minimum absolute atomic E-state index is 0. The van der Waals surface area contributed by atoms with Gasteiger partial charge in [0.25, 0.3) is 0 Å². The van der Waals surface area contributed by atoms with Crippen molar-refractivity contribution < 1.29 is 3.78 Å². The molecule has 0 aliphatic carbocycles. The quantitative estimate of drug-likeness (QED) is 0.423. The molecular formula is H8GaGeInO. The molecule has 0 aliphatic heterocycles. The molecule has 0 aromatic rings. The van der Waals surface area contributed by atoms with E-state index in [1.807, 2.05) is 0 Å². The first-order valence-corrected chi connectivity index (χ1v) is 1.50. The van der Waals surface area contributed by atoms with Crippen LogP contribution in [0, 0.1) is 0 Å². The van der Waals surface area contributed by atoms with Crippen molar-refractivity contribution in [1.29, 1.82) is 0 Å². The van der Waals surface area contributed by atoms with Crippen LogP contribution in [-0.2, 0) is 3.78 Å². The second kappa shape index (κ2) is 21.0. The average Bonchev–Trinajstić information content (AvgIpc) is 1.00. The predicted molar refractivity (Wildman–Crippen MR) is 29.1 cm³/mol. The summed E-state index contributed by atoms with van der Waals surface area (Å²) in [6.45, 7) is 0. The fourth-order valence-electron chi connectivity index (χ4n) is 0. The van der Waals surface area contributed by atoms with Crippen LogP contribution in [-0.4, -0.2) is 62.1 Å². The van der Waals surface area contributed by atoms with Crippen molar-refractivity contribution in [2.24, 2.45) is 0 Å². The zero-order valence-electron chi connectivity index (χ0n) is 1.12. The molecule has 0 heterocycles. The van der Waals surface area contributed by atoms with Crippen LogP contribution in [0.1, 0.15) is 0 Å². The first kappa shape index (κ1) is 16.9. The predicted octanol–water partition coefficient (Wildman–Crippen LogP) is -3.40. The molecule has 0 rings (SSSR count). The van der Waals surface area contributed by atoms with Gasteiger partial charge in [-0.15, -0.1) is 0 Å². The molecular weight excluding hydrogens is 273 g/mol. The molecule has 0 unspecified atom stereocenters. The second-order valence-electron chi connectivity index (χ2n) is 0. The SMILES string of the molecule is [GaH3].[InH3].[O]=[GeH2]. The van der Waals surface area contributed by atoms with Crippen molar-refractivity contribution >= 4 is 62.1 Å². The van der Waals surface area contributed by atoms with Crippen molar-refractivity contribution in [3.63, 3.8) is 0 Å². The van der Waals surface area contributed by atoms with Crippen molar-refractivity contribution in [2.75, 3.05) is 0 Å². The van der Waals surface area contributed by atoms with Gasteiger partial charge in [-0.2, -0.15) is 0 Å². The van der Waals surface area contributed by atoms with E-state index >= 15 is 0 Å². The monoisotopic (exact) mass is 282 g/mol. The molecule has 0 spiro atoms. The van der Waals surface area contributed by atoms with Crippen LogP contribution in [0.15, 0.2) is 0 Å². The summed E-state index contributed by atoms with van der Waals surface area (Å²) >= 11 is 0.125. The third-order valence-electron chi connectivity index (χ3n) is 0. The van der Waals surface area contributed by atoms with Crippen LogP contribution in [0.25, 0.3) is 0 Å². The summed E-state index contributed by atoms with van der Waals surface area (Å²) in [5.41, 5.74) is 0. The van der Waals surface area contributed by atoms with Crippen LogP contribution < -0.4 is 0 Å². The van der Waals surface area contributed by atoms with Gasteiger partial charge in [0.2, 0.25) is 0 Å². The van der Waals surface area contributed by atoms with Crippen molar-refractivity contribution in [1.82, 2.24) is 0 Å². The number of hydrogen-bond donors (Lipinski definition) is 0. The molecule has 4 heteroatoms. The molecule has 1 nitrogen and oxygen atoms in total. The van der Waals surface area contributed by atoms with Gasteiger partial charge >= 0.3 is 65.9 Å². The summed E-state index contributed by atoms with van der Waals surface area (Å²) in [6.07, 6.45) is 0. The zero-order chi connectivity index (χ0) is 2.00. The Bertz CT molecular complexity index is 8.00. The fourth-order valence-corrected chi connectivity index (χ4v) is 0. The van der Waals surface area contributed by atoms with Gasteiger partial charge in [0, 0.05) is 0 Å². The van der Waals surface area contributed by atoms with Gasteiger partial charge in [0.15, 0.2) is 0 Å². The molecule has 4 heavy (non-hydrogen) atoms. The Balaban J connectivity index is -0.00000000500. The standard InChI is InChI=1S/Ga.GeH2O.In.6H/c;1-2;;;;;;;/h;1H2;;;;;;;. The van der Waals surface area contributed by atoms with E-state index in [1.165, 1.54) is 0 Å². The van der Waals surface area contributed by atoms with Crippen molar-refractivity contribution in [3.05, 3.63) is 0 Å². The van der Waals surface area contributed by atoms with Gasteiger partial charge in [-0.3, -0.25) is 0 Å². The van der Waals surface area contributed by atoms with Crippen LogP contribution >= 0.6 is 0 Å². The van der Waals surface area contributed by atoms with Crippen molar-refractivity contribution in [2.45, 2.75) is 0 Å². The van der Waals surface area contributed by atoms with Crippen LogP contribution in [0.5, 0.6) is 0 Å². The van der Waals surface area contributed by atoms with E-state index in [9.17, 15) is 0 Å². The normalized spacial score (nSPS) is 1.00. The van der Waals surface area contributed by atoms with Crippen LogP contribution in [0.3, 0.4) is 0 Å². The Labute approximate surface area is 65.2 Å². The molecule has 0 amide bonds. The third kappa shape index (κ3) is 9.14. The van der Waals surface area contributed by atoms with Crippen LogP contribution in [0.4, 0.5) is 0 Å². The Morgan fingerprint density at radius 1 is 1.25 bits per heavy atom. The summed E-state index contributed by atoms with van der Waals surface area (Å²) in [7, 11) is 0. The molecule has 0 aromatic carbocycles. The van der Waals surface area contributed by atoms with Gasteiger partial charge in [0.05, 0.1) is 0 Å². The van der Waals surface area contributed by atoms with Crippen molar-refractivity contribution in [3.8, 4) is 0 Å². The van der Waals surface area contributed by atoms with E-state index in [-0.39, 0.29) is 62.1 Å². The van der Waals surface area contributed by atoms with Gasteiger partial charge in [-0.05, 0) is 0 Å². The van der Waals surface area contributed by atoms with Gasteiger partial charge in [-0.1, -0.05) is 0 Å². The maximum absolute atomic E-state index is 8.38. The van der Waals surface area contributed by atoms with E-state index < -0.39 is 0 Å². The Hall–Kier alpha value is 1.85. The molecule has 0 saturated heterocycles. The molecule has 0 radical (unpaired) electrons. The number of rotatable bonds is 0. The first-order valence-electron chi connectivity index (χ1n) is 0.289. The molecule has 0 aliphatic rings. The topological polar surface area (TPSA) is 17.1 Å². The van der Waals surface area contributed by atoms with E-state index in [0.717, 1.165) is 0 Å². The molecule has 0 atom stereocenters. The van der Waals surface area contributed by atoms with Gasteiger partial charge in [-0.25, -0.2) is 0 Å². The molecule has 0 saturated carbocycles. The first-order chi connectivity index (χ1) is 1.00. The average molecular weight is 281 g/mol. The van der Waals surface area contributed by atoms with Gasteiger partial charge < -0.3 is 0 Å². The minimum atomic E-state index is 0. The van der Waals surface area contributed by atoms with Gasteiger partial charge in [0.1, 0.15) is 0 Å². The molecule has 0 bridgehead atoms. The third-order valence-corrected chi connectivity index (χ3v) is 0. The van der Waals surface area contributed by atoms with E-state index in [0.29, 0.717) is 0 Å². The second-order valence-corrected chi connectivity index (χ2v) is 0. The summed E-state index contributed by atoms with van der Waals surface area (Å²) in [5, 5.41) is 0. The Morgan fingerprint density at radius 2 is 1.25 bits per heavy atom. The fraction of sp³-hybridized carbons (Fsp3) is 0. The molecule has 24 valence electrons. The zero-order valence-corrected chi connectivity index (χ0v) is 4.08. The molecule has 0 aromatic heterocycles. The van der Waals surface area contributed by atoms with E-state index in [4.69, 9.17) is 3.78 Å². The Kier molecular flexibility index (Phi) is 89.0. The van der Waals surface area contributed by atoms with Crippen LogP contribution in [0.2, 0.25) is 0 Å². The van der Waals surface area contributed by atoms with E-state index in [2.05, 4.69) is 0 Å². The summed E-state index contributed by atoms with van der Waals surface area (Å²) in [4.78, 5) is 0. The summed E-state index contributed by atoms with van der Waals surface area (Å²) in [5.74, 6) is 0. The molecule has 0 fully saturated rings. The molecule has 0 N–H and O–H groups in total. The maximum atomic E-state index is 8.38. The summed E-state index contributed by atoms with van der Waals surface area (Å²) in [6, 6.07) is 0. The summed E-state index contributed by atoms with van der Waals surface area (Å²) < 4.78 is 8.38. The Morgan fingerprint density at radius 3 is 1.25 bits per heavy atom. The van der Waals surface area contributed by atoms with E-state index in [1.54, 1.807) is 0 Å².